The number of rotatable bonds is 1. The van der Waals surface area contributed by atoms with Gasteiger partial charge in [-0.25, -0.2) is 0 Å². The summed E-state index contributed by atoms with van der Waals surface area (Å²) < 4.78 is 2.21. The molecule has 1 aromatic carbocycles. The minimum absolute atomic E-state index is 0.739. The van der Waals surface area contributed by atoms with Crippen LogP contribution in [0.3, 0.4) is 0 Å². The van der Waals surface area contributed by atoms with E-state index in [9.17, 15) is 5.21 Å². The minimum atomic E-state index is 0.739. The molecule has 0 spiro atoms. The van der Waals surface area contributed by atoms with Crippen LogP contribution in [0.15, 0.2) is 23.4 Å². The largest absolute Gasteiger partial charge is 0.411 e. The summed E-state index contributed by atoms with van der Waals surface area (Å²) >= 11 is 0. The van der Waals surface area contributed by atoms with Crippen molar-refractivity contribution < 1.29 is 5.21 Å². The van der Waals surface area contributed by atoms with Crippen LogP contribution in [0.4, 0.5) is 0 Å². The molecule has 1 fully saturated rings. The summed E-state index contributed by atoms with van der Waals surface area (Å²) in [6.07, 6.45) is 9.87. The van der Waals surface area contributed by atoms with Gasteiger partial charge in [0.2, 0.25) is 0 Å². The number of benzene rings is 1. The van der Waals surface area contributed by atoms with Crippen LogP contribution < -0.4 is 0 Å². The van der Waals surface area contributed by atoms with E-state index in [0.717, 1.165) is 36.6 Å². The Morgan fingerprint density at radius 3 is 2.68 bits per heavy atom. The Bertz CT molecular complexity index is 735. The smallest absolute Gasteiger partial charge is 0.103 e. The topological polar surface area (TPSA) is 37.5 Å². The van der Waals surface area contributed by atoms with E-state index in [2.05, 4.69) is 35.0 Å². The highest BCUT2D eigenvalue weighted by Gasteiger charge is 2.24. The first kappa shape index (κ1) is 13.9. The Labute approximate surface area is 131 Å². The lowest BCUT2D eigenvalue weighted by atomic mass is 9.83. The van der Waals surface area contributed by atoms with E-state index in [1.165, 1.54) is 54.1 Å². The molecule has 0 amide bonds. The third-order valence-corrected chi connectivity index (χ3v) is 5.64. The molecule has 116 valence electrons. The molecule has 0 atom stereocenters. The normalized spacial score (nSPS) is 21.4. The van der Waals surface area contributed by atoms with E-state index < -0.39 is 0 Å². The van der Waals surface area contributed by atoms with Gasteiger partial charge in [-0.3, -0.25) is 0 Å². The van der Waals surface area contributed by atoms with Gasteiger partial charge in [-0.2, -0.15) is 0 Å². The van der Waals surface area contributed by atoms with Gasteiger partial charge in [0.15, 0.2) is 0 Å². The number of fused-ring (bicyclic) bond motifs is 3. The molecule has 2 aromatic rings. The van der Waals surface area contributed by atoms with Gasteiger partial charge >= 0.3 is 0 Å². The quantitative estimate of drug-likeness (QED) is 0.599. The molecule has 0 aliphatic heterocycles. The van der Waals surface area contributed by atoms with Crippen LogP contribution in [0.2, 0.25) is 0 Å². The Balaban J connectivity index is 1.86. The molecule has 0 unspecified atom stereocenters. The van der Waals surface area contributed by atoms with E-state index in [0.29, 0.717) is 0 Å². The van der Waals surface area contributed by atoms with Gasteiger partial charge in [0.1, 0.15) is 5.71 Å². The maximum absolute atomic E-state index is 9.32. The van der Waals surface area contributed by atoms with E-state index in [1.54, 1.807) is 0 Å². The van der Waals surface area contributed by atoms with Gasteiger partial charge in [-0.05, 0) is 61.3 Å². The first-order chi connectivity index (χ1) is 10.8. The zero-order valence-corrected chi connectivity index (χ0v) is 13.3. The van der Waals surface area contributed by atoms with Crippen molar-refractivity contribution in [2.24, 2.45) is 12.2 Å². The number of oxime groups is 1. The molecule has 0 bridgehead atoms. The van der Waals surface area contributed by atoms with Gasteiger partial charge in [-0.1, -0.05) is 30.5 Å². The maximum Gasteiger partial charge on any atom is 0.103 e. The molecule has 0 saturated heterocycles. The lowest BCUT2D eigenvalue weighted by Crippen LogP contribution is -2.14. The molecule has 1 N–H and O–H groups in total. The van der Waals surface area contributed by atoms with Gasteiger partial charge in [-0.15, -0.1) is 0 Å². The average Bonchev–Trinajstić information content (AvgIpc) is 2.88. The number of hydrogen-bond acceptors (Lipinski definition) is 2. The number of aryl methyl sites for hydroxylation is 2. The van der Waals surface area contributed by atoms with Crippen LogP contribution in [-0.2, 0) is 13.5 Å². The molecule has 0 radical (unpaired) electrons. The van der Waals surface area contributed by atoms with Crippen LogP contribution in [0.25, 0.3) is 10.9 Å². The Kier molecular flexibility index (Phi) is 3.44. The summed E-state index contributed by atoms with van der Waals surface area (Å²) in [4.78, 5) is 0. The maximum atomic E-state index is 9.32. The van der Waals surface area contributed by atoms with Crippen molar-refractivity contribution in [2.75, 3.05) is 0 Å². The molecular formula is C19H24N2O. The first-order valence-corrected chi connectivity index (χ1v) is 8.62. The van der Waals surface area contributed by atoms with Crippen molar-refractivity contribution >= 4 is 16.6 Å². The second-order valence-electron chi connectivity index (χ2n) is 6.90. The van der Waals surface area contributed by atoms with Crippen molar-refractivity contribution in [1.82, 2.24) is 4.57 Å². The zero-order valence-electron chi connectivity index (χ0n) is 13.3. The van der Waals surface area contributed by atoms with Crippen molar-refractivity contribution in [3.8, 4) is 0 Å². The van der Waals surface area contributed by atoms with E-state index in [-0.39, 0.29) is 0 Å². The van der Waals surface area contributed by atoms with Crippen molar-refractivity contribution in [2.45, 2.75) is 57.3 Å². The molecule has 3 heteroatoms. The van der Waals surface area contributed by atoms with Gasteiger partial charge in [0.05, 0.1) is 5.69 Å². The number of hydrogen-bond donors (Lipinski definition) is 1. The fourth-order valence-corrected chi connectivity index (χ4v) is 4.50. The monoisotopic (exact) mass is 296 g/mol. The van der Waals surface area contributed by atoms with Gasteiger partial charge < -0.3 is 9.77 Å². The van der Waals surface area contributed by atoms with Crippen LogP contribution >= 0.6 is 0 Å². The summed E-state index contributed by atoms with van der Waals surface area (Å²) in [6.45, 7) is 0. The number of nitrogens with zero attached hydrogens (tertiary/aromatic N) is 2. The Morgan fingerprint density at radius 2 is 1.91 bits per heavy atom. The fraction of sp³-hybridized carbons (Fsp3) is 0.526. The predicted molar refractivity (Wildman–Crippen MR) is 90.0 cm³/mol. The van der Waals surface area contributed by atoms with E-state index in [4.69, 9.17) is 0 Å². The third-order valence-electron chi connectivity index (χ3n) is 5.64. The van der Waals surface area contributed by atoms with Crippen molar-refractivity contribution in [3.63, 3.8) is 0 Å². The van der Waals surface area contributed by atoms with Crippen LogP contribution in [0, 0.1) is 0 Å². The first-order valence-electron chi connectivity index (χ1n) is 8.62. The van der Waals surface area contributed by atoms with Crippen LogP contribution in [-0.4, -0.2) is 15.5 Å². The van der Waals surface area contributed by atoms with E-state index in [1.807, 2.05) is 0 Å². The highest BCUT2D eigenvalue weighted by Crippen LogP contribution is 2.37. The lowest BCUT2D eigenvalue weighted by molar-refractivity contribution is 0.317. The molecule has 3 nitrogen and oxygen atoms in total. The average molecular weight is 296 g/mol. The molecular weight excluding hydrogens is 272 g/mol. The van der Waals surface area contributed by atoms with E-state index >= 15 is 0 Å². The highest BCUT2D eigenvalue weighted by molar-refractivity contribution is 6.06. The number of aromatic nitrogens is 1. The molecule has 22 heavy (non-hydrogen) atoms. The zero-order chi connectivity index (χ0) is 15.1. The van der Waals surface area contributed by atoms with Gasteiger partial charge in [0.25, 0.3) is 0 Å². The summed E-state index contributed by atoms with van der Waals surface area (Å²) in [5, 5.41) is 14.2. The molecule has 1 heterocycles. The minimum Gasteiger partial charge on any atom is -0.411 e. The second kappa shape index (κ2) is 5.45. The molecule has 4 rings (SSSR count). The summed E-state index contributed by atoms with van der Waals surface area (Å²) in [7, 11) is 2.10. The standard InChI is InChI=1S/C19H24N2O/c1-21-18-11-10-14(13-6-3-2-4-7-13)12-16(18)15-8-5-9-17(20-22)19(15)21/h10-13,22H,2-9H2,1H3/b20-17-. The fourth-order valence-electron chi connectivity index (χ4n) is 4.50. The summed E-state index contributed by atoms with van der Waals surface area (Å²) in [5.41, 5.74) is 6.15. The molecule has 1 aromatic heterocycles. The summed E-state index contributed by atoms with van der Waals surface area (Å²) in [6, 6.07) is 7.01. The van der Waals surface area contributed by atoms with Crippen LogP contribution in [0.5, 0.6) is 0 Å². The van der Waals surface area contributed by atoms with Crippen molar-refractivity contribution in [3.05, 3.63) is 35.0 Å². The lowest BCUT2D eigenvalue weighted by Gasteiger charge is -2.22. The third kappa shape index (κ3) is 2.06. The predicted octanol–water partition coefficient (Wildman–Crippen LogP) is 4.74. The van der Waals surface area contributed by atoms with Crippen LogP contribution in [0.1, 0.15) is 67.7 Å². The molecule has 2 aliphatic carbocycles. The second-order valence-corrected chi connectivity index (χ2v) is 6.90. The highest BCUT2D eigenvalue weighted by atomic mass is 16.4. The SMILES string of the molecule is Cn1c2c(c3cc(C4CCCCC4)ccc31)CCC/C2=N/O. The van der Waals surface area contributed by atoms with Crippen molar-refractivity contribution in [1.29, 1.82) is 0 Å². The Hall–Kier alpha value is -1.77. The Morgan fingerprint density at radius 1 is 1.09 bits per heavy atom. The summed E-state index contributed by atoms with van der Waals surface area (Å²) in [5.74, 6) is 0.739. The van der Waals surface area contributed by atoms with Gasteiger partial charge in [0, 0.05) is 18.0 Å². The molecule has 1 saturated carbocycles. The molecule has 2 aliphatic rings.